The van der Waals surface area contributed by atoms with E-state index in [4.69, 9.17) is 0 Å². The van der Waals surface area contributed by atoms with Gasteiger partial charge in [0.15, 0.2) is 0 Å². The third-order valence-corrected chi connectivity index (χ3v) is 3.84. The van der Waals surface area contributed by atoms with Crippen LogP contribution in [0, 0.1) is 6.92 Å². The van der Waals surface area contributed by atoms with E-state index in [1.165, 1.54) is 10.6 Å². The van der Waals surface area contributed by atoms with Crippen LogP contribution in [-0.4, -0.2) is 56.6 Å². The Hall–Kier alpha value is -0.130. The lowest BCUT2D eigenvalue weighted by molar-refractivity contribution is 0.274. The van der Waals surface area contributed by atoms with Crippen LogP contribution in [0.25, 0.3) is 0 Å². The molecule has 77 valence electrons. The highest BCUT2D eigenvalue weighted by molar-refractivity contribution is 7.88. The molecule has 1 atom stereocenters. The summed E-state index contributed by atoms with van der Waals surface area (Å²) in [5, 5.41) is 0. The second-order valence-electron chi connectivity index (χ2n) is 3.54. The molecule has 0 saturated carbocycles. The van der Waals surface area contributed by atoms with Crippen LogP contribution in [0.1, 0.15) is 6.42 Å². The molecule has 1 heterocycles. The van der Waals surface area contributed by atoms with E-state index in [2.05, 4.69) is 11.8 Å². The summed E-state index contributed by atoms with van der Waals surface area (Å²) in [4.78, 5) is 2.09. The quantitative estimate of drug-likeness (QED) is 0.640. The summed E-state index contributed by atoms with van der Waals surface area (Å²) in [5.74, 6) is 0. The van der Waals surface area contributed by atoms with E-state index >= 15 is 0 Å². The zero-order valence-electron chi connectivity index (χ0n) is 8.23. The fourth-order valence-corrected chi connectivity index (χ4v) is 2.43. The molecule has 1 unspecified atom stereocenters. The first-order valence-corrected chi connectivity index (χ1v) is 6.24. The zero-order valence-corrected chi connectivity index (χ0v) is 9.05. The van der Waals surface area contributed by atoms with E-state index in [-0.39, 0.29) is 0 Å². The third-order valence-electron chi connectivity index (χ3n) is 2.57. The predicted molar refractivity (Wildman–Crippen MR) is 52.8 cm³/mol. The van der Waals surface area contributed by atoms with Crippen LogP contribution in [0.5, 0.6) is 0 Å². The van der Waals surface area contributed by atoms with Crippen molar-refractivity contribution in [3.8, 4) is 0 Å². The SMILES string of the molecule is [CH2]CN(C)C1CCN(S(C)(=O)=O)C1. The lowest BCUT2D eigenvalue weighted by Gasteiger charge is -2.22. The van der Waals surface area contributed by atoms with E-state index in [1.54, 1.807) is 0 Å². The Kier molecular flexibility index (Phi) is 3.32. The Morgan fingerprint density at radius 2 is 2.23 bits per heavy atom. The Morgan fingerprint density at radius 3 is 2.62 bits per heavy atom. The first-order valence-electron chi connectivity index (χ1n) is 4.39. The van der Waals surface area contributed by atoms with Gasteiger partial charge in [-0.25, -0.2) is 12.7 Å². The van der Waals surface area contributed by atoms with Gasteiger partial charge in [0.1, 0.15) is 0 Å². The summed E-state index contributed by atoms with van der Waals surface area (Å²) in [5.41, 5.74) is 0. The molecule has 13 heavy (non-hydrogen) atoms. The first kappa shape index (κ1) is 10.9. The van der Waals surface area contributed by atoms with Crippen molar-refractivity contribution in [3.63, 3.8) is 0 Å². The fourth-order valence-electron chi connectivity index (χ4n) is 1.55. The standard InChI is InChI=1S/C8H17N2O2S/c1-4-9(2)8-5-6-10(7-8)13(3,11)12/h8H,1,4-7H2,2-3H3. The lowest BCUT2D eigenvalue weighted by Crippen LogP contribution is -2.36. The van der Waals surface area contributed by atoms with Crippen LogP contribution >= 0.6 is 0 Å². The molecule has 1 fully saturated rings. The van der Waals surface area contributed by atoms with Crippen molar-refractivity contribution in [2.45, 2.75) is 12.5 Å². The third kappa shape index (κ3) is 2.65. The number of rotatable bonds is 3. The van der Waals surface area contributed by atoms with Gasteiger partial charge in [-0.15, -0.1) is 0 Å². The van der Waals surface area contributed by atoms with E-state index in [1.807, 2.05) is 7.05 Å². The molecule has 0 bridgehead atoms. The van der Waals surface area contributed by atoms with Gasteiger partial charge in [-0.05, 0) is 26.9 Å². The van der Waals surface area contributed by atoms with E-state index in [0.717, 1.165) is 13.0 Å². The minimum Gasteiger partial charge on any atom is -0.302 e. The van der Waals surface area contributed by atoms with E-state index in [0.29, 0.717) is 19.1 Å². The Bertz CT molecular complexity index is 263. The number of sulfonamides is 1. The van der Waals surface area contributed by atoms with Crippen LogP contribution in [0.3, 0.4) is 0 Å². The summed E-state index contributed by atoms with van der Waals surface area (Å²) in [6.45, 7) is 5.76. The smallest absolute Gasteiger partial charge is 0.211 e. The maximum Gasteiger partial charge on any atom is 0.211 e. The molecule has 1 saturated heterocycles. The summed E-state index contributed by atoms with van der Waals surface area (Å²) in [7, 11) is -1.02. The maximum absolute atomic E-state index is 11.2. The zero-order chi connectivity index (χ0) is 10.1. The van der Waals surface area contributed by atoms with Gasteiger partial charge in [-0.1, -0.05) is 0 Å². The van der Waals surface area contributed by atoms with Crippen LogP contribution in [0.2, 0.25) is 0 Å². The molecular formula is C8H17N2O2S. The highest BCUT2D eigenvalue weighted by atomic mass is 32.2. The molecule has 1 radical (unpaired) electrons. The average Bonchev–Trinajstić information content (AvgIpc) is 2.50. The van der Waals surface area contributed by atoms with E-state index < -0.39 is 10.0 Å². The molecule has 0 amide bonds. The minimum atomic E-state index is -2.99. The summed E-state index contributed by atoms with van der Waals surface area (Å²) >= 11 is 0. The van der Waals surface area contributed by atoms with Gasteiger partial charge in [-0.2, -0.15) is 0 Å². The Labute approximate surface area is 80.6 Å². The molecule has 4 nitrogen and oxygen atoms in total. The first-order chi connectivity index (χ1) is 5.95. The van der Waals surface area contributed by atoms with Gasteiger partial charge < -0.3 is 4.90 Å². The Morgan fingerprint density at radius 1 is 1.62 bits per heavy atom. The predicted octanol–water partition coefficient (Wildman–Crippen LogP) is -0.214. The monoisotopic (exact) mass is 205 g/mol. The lowest BCUT2D eigenvalue weighted by atomic mass is 10.2. The topological polar surface area (TPSA) is 40.6 Å². The molecule has 1 rings (SSSR count). The number of nitrogens with zero attached hydrogens (tertiary/aromatic N) is 2. The largest absolute Gasteiger partial charge is 0.302 e. The van der Waals surface area contributed by atoms with Crippen molar-refractivity contribution in [1.29, 1.82) is 0 Å². The maximum atomic E-state index is 11.2. The van der Waals surface area contributed by atoms with Gasteiger partial charge in [0.05, 0.1) is 6.26 Å². The Balaban J connectivity index is 2.55. The van der Waals surface area contributed by atoms with Crippen molar-refractivity contribution in [3.05, 3.63) is 6.92 Å². The molecule has 1 aliphatic heterocycles. The van der Waals surface area contributed by atoms with Crippen LogP contribution in [0.4, 0.5) is 0 Å². The summed E-state index contributed by atoms with van der Waals surface area (Å²) in [6, 6.07) is 0.340. The summed E-state index contributed by atoms with van der Waals surface area (Å²) < 4.78 is 23.9. The van der Waals surface area contributed by atoms with Crippen LogP contribution in [0.15, 0.2) is 0 Å². The minimum absolute atomic E-state index is 0.340. The van der Waals surface area contributed by atoms with Crippen LogP contribution < -0.4 is 0 Å². The van der Waals surface area contributed by atoms with Crippen LogP contribution in [-0.2, 0) is 10.0 Å². The number of hydrogen-bond acceptors (Lipinski definition) is 3. The van der Waals surface area contributed by atoms with Crippen molar-refractivity contribution < 1.29 is 8.42 Å². The van der Waals surface area contributed by atoms with Gasteiger partial charge in [-0.3, -0.25) is 0 Å². The number of hydrogen-bond donors (Lipinski definition) is 0. The fraction of sp³-hybridized carbons (Fsp3) is 0.875. The van der Waals surface area contributed by atoms with Gasteiger partial charge in [0.25, 0.3) is 0 Å². The highest BCUT2D eigenvalue weighted by Gasteiger charge is 2.29. The average molecular weight is 205 g/mol. The molecule has 0 aliphatic carbocycles. The van der Waals surface area contributed by atoms with Gasteiger partial charge in [0, 0.05) is 19.1 Å². The van der Waals surface area contributed by atoms with Crippen molar-refractivity contribution >= 4 is 10.0 Å². The highest BCUT2D eigenvalue weighted by Crippen LogP contribution is 2.16. The van der Waals surface area contributed by atoms with Crippen molar-refractivity contribution in [1.82, 2.24) is 9.21 Å². The molecule has 0 aromatic heterocycles. The molecule has 5 heteroatoms. The van der Waals surface area contributed by atoms with Gasteiger partial charge in [0.2, 0.25) is 10.0 Å². The summed E-state index contributed by atoms with van der Waals surface area (Å²) in [6.07, 6.45) is 2.18. The molecule has 0 N–H and O–H groups in total. The second-order valence-corrected chi connectivity index (χ2v) is 5.53. The number of likely N-dealkylation sites (N-methyl/N-ethyl adjacent to an activating group) is 1. The van der Waals surface area contributed by atoms with Crippen molar-refractivity contribution in [2.75, 3.05) is 32.9 Å². The van der Waals surface area contributed by atoms with Crippen molar-refractivity contribution in [2.24, 2.45) is 0 Å². The molecular weight excluding hydrogens is 188 g/mol. The second kappa shape index (κ2) is 3.94. The molecule has 0 aromatic rings. The normalized spacial score (nSPS) is 25.7. The molecule has 1 aliphatic rings. The molecule has 0 aromatic carbocycles. The van der Waals surface area contributed by atoms with Gasteiger partial charge >= 0.3 is 0 Å². The van der Waals surface area contributed by atoms with E-state index in [9.17, 15) is 8.42 Å². The molecule has 0 spiro atoms.